The largest absolute Gasteiger partial charge is 0.456 e. The van der Waals surface area contributed by atoms with Crippen molar-refractivity contribution in [3.63, 3.8) is 0 Å². The Morgan fingerprint density at radius 2 is 1.00 bits per heavy atom. The van der Waals surface area contributed by atoms with Crippen molar-refractivity contribution in [3.8, 4) is 33.4 Å². The second kappa shape index (κ2) is 8.95. The van der Waals surface area contributed by atoms with Crippen LogP contribution in [0.1, 0.15) is 1.43 Å². The van der Waals surface area contributed by atoms with Crippen molar-refractivity contribution < 1.29 is 5.84 Å². The van der Waals surface area contributed by atoms with E-state index in [1.54, 1.807) is 0 Å². The summed E-state index contributed by atoms with van der Waals surface area (Å²) >= 11 is 0. The maximum Gasteiger partial charge on any atom is 0.135 e. The molecule has 2 nitrogen and oxygen atoms in total. The van der Waals surface area contributed by atoms with Crippen LogP contribution in [0.5, 0.6) is 0 Å². The quantitative estimate of drug-likeness (QED) is 0.239. The zero-order valence-electron chi connectivity index (χ0n) is 22.8. The van der Waals surface area contributed by atoms with Crippen molar-refractivity contribution in [2.24, 2.45) is 0 Å². The van der Waals surface area contributed by atoms with Crippen molar-refractivity contribution in [3.05, 3.63) is 146 Å². The lowest BCUT2D eigenvalue weighted by Gasteiger charge is -2.09. The van der Waals surface area contributed by atoms with Crippen LogP contribution in [0, 0.1) is 0 Å². The van der Waals surface area contributed by atoms with Gasteiger partial charge in [0.05, 0.1) is 11.0 Å². The Morgan fingerprint density at radius 3 is 1.86 bits per heavy atom. The number of aromatic amines is 1. The van der Waals surface area contributed by atoms with Gasteiger partial charge in [-0.3, -0.25) is 0 Å². The van der Waals surface area contributed by atoms with Gasteiger partial charge in [0.15, 0.2) is 0 Å². The zero-order chi connectivity index (χ0) is 27.6. The molecule has 0 aliphatic carbocycles. The summed E-state index contributed by atoms with van der Waals surface area (Å²) in [5.74, 6) is 0. The average molecular weight is 538 g/mol. The Labute approximate surface area is 243 Å². The van der Waals surface area contributed by atoms with E-state index in [-0.39, 0.29) is 1.43 Å². The van der Waals surface area contributed by atoms with Crippen molar-refractivity contribution in [1.82, 2.24) is 4.98 Å². The van der Waals surface area contributed by atoms with Crippen molar-refractivity contribution in [2.75, 3.05) is 0 Å². The SMILES string of the molecule is [HH].c1cc(-c2cccc(-c3cccc4c3[nH]c3c5ccccc5ccc43)c2)cc(-c2ccc3oc4ccccc4c3c2)c1. The number of furan rings is 1. The Morgan fingerprint density at radius 1 is 0.381 bits per heavy atom. The summed E-state index contributed by atoms with van der Waals surface area (Å²) in [7, 11) is 0. The van der Waals surface area contributed by atoms with Gasteiger partial charge in [-0.2, -0.15) is 0 Å². The van der Waals surface area contributed by atoms with E-state index >= 15 is 0 Å². The highest BCUT2D eigenvalue weighted by atomic mass is 16.3. The fourth-order valence-corrected chi connectivity index (χ4v) is 6.56. The van der Waals surface area contributed by atoms with Crippen LogP contribution in [0.15, 0.2) is 150 Å². The maximum atomic E-state index is 6.06. The van der Waals surface area contributed by atoms with Crippen molar-refractivity contribution >= 4 is 54.5 Å². The number of nitrogens with one attached hydrogen (secondary N) is 1. The van der Waals surface area contributed by atoms with Crippen molar-refractivity contribution in [1.29, 1.82) is 0 Å². The molecule has 9 aromatic rings. The van der Waals surface area contributed by atoms with Gasteiger partial charge in [-0.05, 0) is 63.5 Å². The van der Waals surface area contributed by atoms with Crippen LogP contribution < -0.4 is 0 Å². The van der Waals surface area contributed by atoms with Gasteiger partial charge in [-0.1, -0.05) is 115 Å². The molecule has 1 N–H and O–H groups in total. The molecular formula is C40H27NO. The lowest BCUT2D eigenvalue weighted by atomic mass is 9.95. The van der Waals surface area contributed by atoms with Crippen LogP contribution in [0.2, 0.25) is 0 Å². The zero-order valence-corrected chi connectivity index (χ0v) is 22.8. The van der Waals surface area contributed by atoms with E-state index in [4.69, 9.17) is 4.42 Å². The Bertz CT molecular complexity index is 2480. The molecule has 0 saturated heterocycles. The molecule has 0 spiro atoms. The first-order valence-electron chi connectivity index (χ1n) is 14.3. The van der Waals surface area contributed by atoms with Crippen LogP contribution in [0.4, 0.5) is 0 Å². The van der Waals surface area contributed by atoms with Crippen LogP contribution in [-0.2, 0) is 0 Å². The number of fused-ring (bicyclic) bond motifs is 8. The number of rotatable bonds is 3. The Balaban J connectivity index is 0.00000278. The second-order valence-corrected chi connectivity index (χ2v) is 11.0. The minimum absolute atomic E-state index is 0. The first-order chi connectivity index (χ1) is 20.8. The van der Waals surface area contributed by atoms with Gasteiger partial charge in [-0.15, -0.1) is 0 Å². The molecule has 0 fully saturated rings. The lowest BCUT2D eigenvalue weighted by molar-refractivity contribution is 0.669. The summed E-state index contributed by atoms with van der Waals surface area (Å²) < 4.78 is 6.06. The molecule has 0 aliphatic rings. The fraction of sp³-hybridized carbons (Fsp3) is 0. The van der Waals surface area contributed by atoms with E-state index in [1.165, 1.54) is 66.0 Å². The van der Waals surface area contributed by atoms with E-state index in [1.807, 2.05) is 12.1 Å². The van der Waals surface area contributed by atoms with Crippen molar-refractivity contribution in [2.45, 2.75) is 0 Å². The van der Waals surface area contributed by atoms with E-state index < -0.39 is 0 Å². The van der Waals surface area contributed by atoms with E-state index in [0.717, 1.165) is 21.9 Å². The maximum absolute atomic E-state index is 6.06. The summed E-state index contributed by atoms with van der Waals surface area (Å²) in [5, 5.41) is 7.32. The summed E-state index contributed by atoms with van der Waals surface area (Å²) in [6.45, 7) is 0. The highest BCUT2D eigenvalue weighted by molar-refractivity contribution is 6.19. The van der Waals surface area contributed by atoms with E-state index in [2.05, 4.69) is 138 Å². The molecule has 9 rings (SSSR count). The smallest absolute Gasteiger partial charge is 0.135 e. The molecule has 2 heterocycles. The number of hydrogen-bond donors (Lipinski definition) is 1. The fourth-order valence-electron chi connectivity index (χ4n) is 6.56. The summed E-state index contributed by atoms with van der Waals surface area (Å²) in [4.78, 5) is 3.80. The van der Waals surface area contributed by atoms with Gasteiger partial charge < -0.3 is 9.40 Å². The normalized spacial score (nSPS) is 11.8. The number of aromatic nitrogens is 1. The van der Waals surface area contributed by atoms with Gasteiger partial charge in [0, 0.05) is 33.9 Å². The number of hydrogen-bond acceptors (Lipinski definition) is 1. The molecule has 0 unspecified atom stereocenters. The summed E-state index contributed by atoms with van der Waals surface area (Å²) in [5.41, 5.74) is 11.4. The monoisotopic (exact) mass is 537 g/mol. The molecule has 7 aromatic carbocycles. The molecule has 0 atom stereocenters. The molecule has 42 heavy (non-hydrogen) atoms. The molecule has 0 aliphatic heterocycles. The number of para-hydroxylation sites is 2. The Kier molecular flexibility index (Phi) is 4.93. The van der Waals surface area contributed by atoms with Crippen LogP contribution >= 0.6 is 0 Å². The molecule has 2 aromatic heterocycles. The molecule has 0 amide bonds. The van der Waals surface area contributed by atoms with Gasteiger partial charge in [0.25, 0.3) is 0 Å². The molecule has 2 heteroatoms. The standard InChI is InChI=1S/C40H25NO.H2/c1-2-13-31-25(8-1)18-20-35-34-16-7-15-32(40(34)41-39(31)35)30-12-6-11-28(23-30)26-9-5-10-27(22-26)29-19-21-38-36(24-29)33-14-3-4-17-37(33)42-38;/h1-24,41H;1H. The predicted octanol–water partition coefficient (Wildman–Crippen LogP) is 11.6. The molecular weight excluding hydrogens is 510 g/mol. The topological polar surface area (TPSA) is 28.9 Å². The first-order valence-corrected chi connectivity index (χ1v) is 14.3. The highest BCUT2D eigenvalue weighted by Crippen LogP contribution is 2.38. The first kappa shape index (κ1) is 23.1. The Hall–Kier alpha value is -5.60. The molecule has 0 saturated carbocycles. The van der Waals surface area contributed by atoms with E-state index in [0.29, 0.717) is 0 Å². The van der Waals surface area contributed by atoms with Gasteiger partial charge >= 0.3 is 0 Å². The number of H-pyrrole nitrogens is 1. The lowest BCUT2D eigenvalue weighted by Crippen LogP contribution is -1.85. The third-order valence-corrected chi connectivity index (χ3v) is 8.61. The second-order valence-electron chi connectivity index (χ2n) is 11.0. The minimum Gasteiger partial charge on any atom is -0.456 e. The third-order valence-electron chi connectivity index (χ3n) is 8.61. The summed E-state index contributed by atoms with van der Waals surface area (Å²) in [6.07, 6.45) is 0. The van der Waals surface area contributed by atoms with Crippen LogP contribution in [-0.4, -0.2) is 4.98 Å². The number of benzene rings is 7. The minimum atomic E-state index is 0. The van der Waals surface area contributed by atoms with Gasteiger partial charge in [-0.25, -0.2) is 0 Å². The average Bonchev–Trinajstić information content (AvgIpc) is 3.63. The highest BCUT2D eigenvalue weighted by Gasteiger charge is 2.13. The summed E-state index contributed by atoms with van der Waals surface area (Å²) in [6, 6.07) is 52.1. The van der Waals surface area contributed by atoms with Crippen LogP contribution in [0.25, 0.3) is 87.9 Å². The van der Waals surface area contributed by atoms with Crippen LogP contribution in [0.3, 0.4) is 0 Å². The molecule has 0 radical (unpaired) electrons. The molecule has 0 bridgehead atoms. The van der Waals surface area contributed by atoms with Gasteiger partial charge in [0.1, 0.15) is 11.2 Å². The predicted molar refractivity (Wildman–Crippen MR) is 179 cm³/mol. The van der Waals surface area contributed by atoms with Gasteiger partial charge in [0.2, 0.25) is 0 Å². The molecule has 198 valence electrons. The van der Waals surface area contributed by atoms with E-state index in [9.17, 15) is 0 Å². The third kappa shape index (κ3) is 3.52.